The molecule has 2 aromatic carbocycles. The molecule has 1 heterocycles. The summed E-state index contributed by atoms with van der Waals surface area (Å²) in [4.78, 5) is 98.5. The lowest BCUT2D eigenvalue weighted by Crippen LogP contribution is -2.60. The third kappa shape index (κ3) is 15.8. The van der Waals surface area contributed by atoms with E-state index in [1.54, 1.807) is 42.6 Å². The normalized spacial score (nSPS) is 13.9. The van der Waals surface area contributed by atoms with Gasteiger partial charge in [0.25, 0.3) is 0 Å². The van der Waals surface area contributed by atoms with Crippen molar-refractivity contribution >= 4 is 71.0 Å². The number of carboxylic acid groups (broad SMARTS) is 1. The summed E-state index contributed by atoms with van der Waals surface area (Å²) < 4.78 is 0. The number of nitrogens with zero attached hydrogens (tertiary/aromatic N) is 1. The fourth-order valence-electron chi connectivity index (χ4n) is 5.93. The van der Waals surface area contributed by atoms with Crippen molar-refractivity contribution in [1.82, 2.24) is 36.9 Å². The highest BCUT2D eigenvalue weighted by atomic mass is 32.1. The third-order valence-corrected chi connectivity index (χ3v) is 9.40. The summed E-state index contributed by atoms with van der Waals surface area (Å²) in [7, 11) is 0. The van der Waals surface area contributed by atoms with Crippen LogP contribution < -0.4 is 54.8 Å². The van der Waals surface area contributed by atoms with Gasteiger partial charge in [0.05, 0.1) is 6.04 Å². The molecule has 0 saturated heterocycles. The molecule has 0 saturated carbocycles. The summed E-state index contributed by atoms with van der Waals surface area (Å²) in [6.45, 7) is 1.62. The van der Waals surface area contributed by atoms with Crippen molar-refractivity contribution in [3.05, 3.63) is 71.9 Å². The molecule has 6 atom stereocenters. The lowest BCUT2D eigenvalue weighted by atomic mass is 10.0. The number of amides is 7. The van der Waals surface area contributed by atoms with Gasteiger partial charge in [-0.2, -0.15) is 12.6 Å². The lowest BCUT2D eigenvalue weighted by molar-refractivity contribution is -0.141. The van der Waals surface area contributed by atoms with Gasteiger partial charge in [-0.3, -0.25) is 29.0 Å². The number of aromatic nitrogens is 1. The van der Waals surface area contributed by atoms with Crippen molar-refractivity contribution < 1.29 is 38.7 Å². The zero-order valence-corrected chi connectivity index (χ0v) is 33.5. The van der Waals surface area contributed by atoms with E-state index in [4.69, 9.17) is 22.9 Å². The van der Waals surface area contributed by atoms with Crippen LogP contribution in [0, 0.1) is 0 Å². The van der Waals surface area contributed by atoms with Crippen molar-refractivity contribution in [1.29, 1.82) is 0 Å². The van der Waals surface area contributed by atoms with E-state index in [2.05, 4.69) is 54.5 Å². The quantitative estimate of drug-likeness (QED) is 0.0207. The van der Waals surface area contributed by atoms with E-state index in [0.717, 1.165) is 10.9 Å². The monoisotopic (exact) mass is 838 g/mol. The molecule has 1 aromatic heterocycles. The first-order chi connectivity index (χ1) is 28.1. The van der Waals surface area contributed by atoms with Crippen molar-refractivity contribution in [2.45, 2.75) is 81.7 Å². The first-order valence-electron chi connectivity index (χ1n) is 18.9. The number of urea groups is 1. The van der Waals surface area contributed by atoms with Crippen LogP contribution in [0.15, 0.2) is 65.8 Å². The molecule has 0 fully saturated rings. The standard InChI is InChI=1S/C38H54N12O8S/c1-21(39)31(51)46-26(14-8-16-44-38(42)58)32(52)48-28(17-22-9-3-2-4-10-22)34(54)47-27(13-7-15-43-37(40)41)33(53)49-29(35(55)50-30(20-59)36(56)57)18-23-19-45-25-12-6-5-11-24(23)25/h2-6,9-12,19,21,26-30,45,59H,7-8,13-18,20,39H2,1H3,(H,46,51)(H,47,54)(H,48,52)(H,49,53)(H,50,55)(H,56,57)(H4,40,41,43)(H3,42,44,58)/t21-,26+,27+,28-,29+,30+/m1/s1. The summed E-state index contributed by atoms with van der Waals surface area (Å²) in [6, 6.07) is 7.78. The highest BCUT2D eigenvalue weighted by Crippen LogP contribution is 2.19. The summed E-state index contributed by atoms with van der Waals surface area (Å²) in [5, 5.41) is 25.9. The number of nitrogens with two attached hydrogens (primary N) is 4. The Kier molecular flexibility index (Phi) is 19.0. The maximum atomic E-state index is 14.2. The molecule has 0 aliphatic carbocycles. The molecule has 0 bridgehead atoms. The molecular weight excluding hydrogens is 785 g/mol. The number of nitrogens with one attached hydrogen (secondary N) is 7. The minimum Gasteiger partial charge on any atom is -0.480 e. The number of fused-ring (bicyclic) bond motifs is 1. The number of benzene rings is 2. The molecule has 7 amide bonds. The molecule has 0 aliphatic rings. The maximum Gasteiger partial charge on any atom is 0.327 e. The average molecular weight is 839 g/mol. The predicted molar refractivity (Wildman–Crippen MR) is 224 cm³/mol. The van der Waals surface area contributed by atoms with E-state index in [9.17, 15) is 38.7 Å². The highest BCUT2D eigenvalue weighted by molar-refractivity contribution is 7.80. The molecule has 0 radical (unpaired) electrons. The largest absolute Gasteiger partial charge is 0.480 e. The predicted octanol–water partition coefficient (Wildman–Crippen LogP) is -1.76. The van der Waals surface area contributed by atoms with Crippen LogP contribution in [-0.2, 0) is 41.6 Å². The Morgan fingerprint density at radius 2 is 1.24 bits per heavy atom. The number of carbonyl (C=O) groups is 7. The van der Waals surface area contributed by atoms with Gasteiger partial charge in [-0.1, -0.05) is 48.5 Å². The summed E-state index contributed by atoms with van der Waals surface area (Å²) in [5.74, 6) is -5.51. The number of aliphatic imine (C=N–C) groups is 1. The van der Waals surface area contributed by atoms with Gasteiger partial charge in [0.15, 0.2) is 5.96 Å². The van der Waals surface area contributed by atoms with Crippen molar-refractivity contribution in [3.63, 3.8) is 0 Å². The molecule has 20 nitrogen and oxygen atoms in total. The van der Waals surface area contributed by atoms with Crippen LogP contribution in [0.2, 0.25) is 0 Å². The Bertz CT molecular complexity index is 1940. The Labute approximate surface area is 346 Å². The van der Waals surface area contributed by atoms with E-state index in [0.29, 0.717) is 11.1 Å². The number of carboxylic acids is 1. The van der Waals surface area contributed by atoms with Crippen LogP contribution in [-0.4, -0.2) is 113 Å². The average Bonchev–Trinajstić information content (AvgIpc) is 3.60. The molecule has 3 aromatic rings. The molecule has 0 aliphatic heterocycles. The fourth-order valence-corrected chi connectivity index (χ4v) is 6.17. The van der Waals surface area contributed by atoms with Gasteiger partial charge < -0.3 is 64.9 Å². The number of carbonyl (C=O) groups excluding carboxylic acids is 6. The van der Waals surface area contributed by atoms with Gasteiger partial charge in [0, 0.05) is 48.8 Å². The van der Waals surface area contributed by atoms with Crippen LogP contribution in [0.4, 0.5) is 4.79 Å². The van der Waals surface area contributed by atoms with Crippen LogP contribution in [0.1, 0.15) is 43.7 Å². The number of aromatic amines is 1. The van der Waals surface area contributed by atoms with Gasteiger partial charge in [-0.05, 0) is 49.8 Å². The third-order valence-electron chi connectivity index (χ3n) is 9.04. The van der Waals surface area contributed by atoms with Gasteiger partial charge in [-0.15, -0.1) is 0 Å². The second kappa shape index (κ2) is 23.8. The van der Waals surface area contributed by atoms with Gasteiger partial charge in [-0.25, -0.2) is 9.59 Å². The van der Waals surface area contributed by atoms with Crippen molar-refractivity contribution in [2.75, 3.05) is 18.8 Å². The van der Waals surface area contributed by atoms with Gasteiger partial charge in [0.2, 0.25) is 29.5 Å². The van der Waals surface area contributed by atoms with Crippen LogP contribution in [0.25, 0.3) is 10.9 Å². The molecule has 16 N–H and O–H groups in total. The smallest absolute Gasteiger partial charge is 0.327 e. The van der Waals surface area contributed by atoms with E-state index >= 15 is 0 Å². The number of para-hydroxylation sites is 1. The molecule has 0 spiro atoms. The summed E-state index contributed by atoms with van der Waals surface area (Å²) in [5.41, 5.74) is 23.9. The Morgan fingerprint density at radius 1 is 0.712 bits per heavy atom. The molecule has 59 heavy (non-hydrogen) atoms. The Morgan fingerprint density at radius 3 is 1.81 bits per heavy atom. The van der Waals surface area contributed by atoms with Gasteiger partial charge >= 0.3 is 12.0 Å². The second-order valence-corrected chi connectivity index (χ2v) is 14.1. The zero-order chi connectivity index (χ0) is 43.5. The number of hydrogen-bond donors (Lipinski definition) is 13. The first-order valence-corrected chi connectivity index (χ1v) is 19.5. The number of H-pyrrole nitrogens is 1. The molecule has 0 unspecified atom stereocenters. The van der Waals surface area contributed by atoms with E-state index in [-0.39, 0.29) is 63.3 Å². The second-order valence-electron chi connectivity index (χ2n) is 13.8. The van der Waals surface area contributed by atoms with E-state index < -0.39 is 77.8 Å². The number of aliphatic carboxylic acids is 1. The number of hydrogen-bond acceptors (Lipinski definition) is 10. The first kappa shape index (κ1) is 47.0. The number of primary amides is 1. The lowest BCUT2D eigenvalue weighted by Gasteiger charge is -2.27. The van der Waals surface area contributed by atoms with E-state index in [1.165, 1.54) is 6.92 Å². The van der Waals surface area contributed by atoms with Crippen LogP contribution in [0.5, 0.6) is 0 Å². The summed E-state index contributed by atoms with van der Waals surface area (Å²) in [6.07, 6.45) is 1.99. The number of guanidine groups is 1. The van der Waals surface area contributed by atoms with Crippen LogP contribution >= 0.6 is 12.6 Å². The fraction of sp³-hybridized carbons (Fsp3) is 0.421. The SMILES string of the molecule is C[C@@H](N)C(=O)N[C@@H](CCCNC(N)=O)C(=O)N[C@H](Cc1ccccc1)C(=O)N[C@@H](CCCN=C(N)N)C(=O)N[C@@H](Cc1c[nH]c2ccccc12)C(=O)N[C@@H](CS)C(=O)O. The molecular formula is C38H54N12O8S. The minimum absolute atomic E-state index is 0.0316. The Hall–Kier alpha value is -6.35. The molecule has 320 valence electrons. The number of thiol groups is 1. The van der Waals surface area contributed by atoms with E-state index in [1.807, 2.05) is 18.2 Å². The van der Waals surface area contributed by atoms with Gasteiger partial charge in [0.1, 0.15) is 30.2 Å². The number of rotatable bonds is 24. The maximum absolute atomic E-state index is 14.2. The summed E-state index contributed by atoms with van der Waals surface area (Å²) >= 11 is 4.04. The van der Waals surface area contributed by atoms with Crippen LogP contribution in [0.3, 0.4) is 0 Å². The zero-order valence-electron chi connectivity index (χ0n) is 32.6. The van der Waals surface area contributed by atoms with Crippen molar-refractivity contribution in [2.24, 2.45) is 27.9 Å². The molecule has 21 heteroatoms. The minimum atomic E-state index is -1.37. The topological polar surface area (TPSA) is 344 Å². The van der Waals surface area contributed by atoms with Crippen molar-refractivity contribution in [3.8, 4) is 0 Å². The molecule has 3 rings (SSSR count). The highest BCUT2D eigenvalue weighted by Gasteiger charge is 2.33. The Balaban J connectivity index is 1.95.